The summed E-state index contributed by atoms with van der Waals surface area (Å²) in [5.41, 5.74) is 4.22. The maximum absolute atomic E-state index is 8.86. The molecule has 0 bridgehead atoms. The Labute approximate surface area is 110 Å². The molecule has 1 fully saturated rings. The minimum atomic E-state index is 0.549. The molecule has 0 saturated carbocycles. The van der Waals surface area contributed by atoms with Crippen LogP contribution >= 0.6 is 0 Å². The first kappa shape index (κ1) is 13.0. The first-order valence-electron chi connectivity index (χ1n) is 6.96. The molecule has 1 aliphatic rings. The van der Waals surface area contributed by atoms with E-state index in [1.807, 2.05) is 0 Å². The lowest BCUT2D eigenvalue weighted by Crippen LogP contribution is -2.36. The number of benzene rings is 1. The zero-order valence-electron chi connectivity index (χ0n) is 11.4. The standard InChI is InChI=1S/C16H22N2/c1-3-15-8-4-6-13(2)16(15)18-11-5-7-14(12-18)9-10-17/h4,6,8,14H,3,5,7,9,11-12H2,1-2H3. The molecular weight excluding hydrogens is 220 g/mol. The normalized spacial score (nSPS) is 19.6. The van der Waals surface area contributed by atoms with Crippen molar-refractivity contribution in [3.8, 4) is 6.07 Å². The van der Waals surface area contributed by atoms with Crippen LogP contribution in [0.4, 0.5) is 5.69 Å². The van der Waals surface area contributed by atoms with Crippen LogP contribution in [0.25, 0.3) is 0 Å². The third-order valence-electron chi connectivity index (χ3n) is 3.92. The van der Waals surface area contributed by atoms with Gasteiger partial charge in [0, 0.05) is 25.2 Å². The van der Waals surface area contributed by atoms with E-state index < -0.39 is 0 Å². The first-order chi connectivity index (χ1) is 8.76. The number of rotatable bonds is 3. The highest BCUT2D eigenvalue weighted by molar-refractivity contribution is 5.59. The highest BCUT2D eigenvalue weighted by atomic mass is 15.1. The second-order valence-electron chi connectivity index (χ2n) is 5.25. The molecule has 0 spiro atoms. The number of piperidine rings is 1. The van der Waals surface area contributed by atoms with Gasteiger partial charge in [0.1, 0.15) is 0 Å². The van der Waals surface area contributed by atoms with Crippen LogP contribution in [0.5, 0.6) is 0 Å². The number of hydrogen-bond donors (Lipinski definition) is 0. The summed E-state index contributed by atoms with van der Waals surface area (Å²) in [5, 5.41) is 8.86. The summed E-state index contributed by atoms with van der Waals surface area (Å²) in [6, 6.07) is 8.90. The second-order valence-corrected chi connectivity index (χ2v) is 5.25. The summed E-state index contributed by atoms with van der Waals surface area (Å²) < 4.78 is 0. The van der Waals surface area contributed by atoms with E-state index in [1.54, 1.807) is 0 Å². The van der Waals surface area contributed by atoms with Gasteiger partial charge in [0.25, 0.3) is 0 Å². The number of para-hydroxylation sites is 1. The SMILES string of the molecule is CCc1cccc(C)c1N1CCCC(CC#N)C1. The molecule has 1 aromatic carbocycles. The van der Waals surface area contributed by atoms with Crippen molar-refractivity contribution in [2.45, 2.75) is 39.5 Å². The Morgan fingerprint density at radius 2 is 2.28 bits per heavy atom. The summed E-state index contributed by atoms with van der Waals surface area (Å²) >= 11 is 0. The fourth-order valence-electron chi connectivity index (χ4n) is 3.02. The monoisotopic (exact) mass is 242 g/mol. The Balaban J connectivity index is 2.23. The quantitative estimate of drug-likeness (QED) is 0.808. The molecule has 2 nitrogen and oxygen atoms in total. The van der Waals surface area contributed by atoms with E-state index >= 15 is 0 Å². The van der Waals surface area contributed by atoms with E-state index in [2.05, 4.69) is 43.0 Å². The summed E-state index contributed by atoms with van der Waals surface area (Å²) in [6.45, 7) is 6.60. The molecule has 96 valence electrons. The van der Waals surface area contributed by atoms with Crippen LogP contribution in [-0.4, -0.2) is 13.1 Å². The largest absolute Gasteiger partial charge is 0.371 e. The van der Waals surface area contributed by atoms with Crippen molar-refractivity contribution >= 4 is 5.69 Å². The third kappa shape index (κ3) is 2.67. The molecule has 0 amide bonds. The van der Waals surface area contributed by atoms with Gasteiger partial charge in [-0.15, -0.1) is 0 Å². The Kier molecular flexibility index (Phi) is 4.25. The maximum atomic E-state index is 8.86. The first-order valence-corrected chi connectivity index (χ1v) is 6.96. The number of aryl methyl sites for hydroxylation is 2. The Hall–Kier alpha value is -1.49. The minimum absolute atomic E-state index is 0.549. The summed E-state index contributed by atoms with van der Waals surface area (Å²) in [5.74, 6) is 0.549. The molecule has 0 radical (unpaired) electrons. The van der Waals surface area contributed by atoms with E-state index in [4.69, 9.17) is 5.26 Å². The molecule has 1 aliphatic heterocycles. The maximum Gasteiger partial charge on any atom is 0.0625 e. The second kappa shape index (κ2) is 5.91. The Bertz CT molecular complexity index is 445. The van der Waals surface area contributed by atoms with Crippen molar-refractivity contribution < 1.29 is 0 Å². The molecule has 1 atom stereocenters. The van der Waals surface area contributed by atoms with Gasteiger partial charge in [-0.1, -0.05) is 25.1 Å². The van der Waals surface area contributed by atoms with E-state index in [-0.39, 0.29) is 0 Å². The van der Waals surface area contributed by atoms with E-state index in [9.17, 15) is 0 Å². The van der Waals surface area contributed by atoms with Crippen molar-refractivity contribution in [1.82, 2.24) is 0 Å². The van der Waals surface area contributed by atoms with Gasteiger partial charge in [-0.2, -0.15) is 5.26 Å². The number of anilines is 1. The summed E-state index contributed by atoms with van der Waals surface area (Å²) in [6.07, 6.45) is 4.20. The Morgan fingerprint density at radius 3 is 3.00 bits per heavy atom. The van der Waals surface area contributed by atoms with Crippen molar-refractivity contribution in [3.63, 3.8) is 0 Å². The fraction of sp³-hybridized carbons (Fsp3) is 0.562. The average molecular weight is 242 g/mol. The van der Waals surface area contributed by atoms with Crippen molar-refractivity contribution in [2.24, 2.45) is 5.92 Å². The highest BCUT2D eigenvalue weighted by Crippen LogP contribution is 2.30. The van der Waals surface area contributed by atoms with Crippen molar-refractivity contribution in [3.05, 3.63) is 29.3 Å². The third-order valence-corrected chi connectivity index (χ3v) is 3.92. The molecule has 0 aromatic heterocycles. The van der Waals surface area contributed by atoms with Crippen LogP contribution in [0.1, 0.15) is 37.3 Å². The summed E-state index contributed by atoms with van der Waals surface area (Å²) in [7, 11) is 0. The molecule has 18 heavy (non-hydrogen) atoms. The molecule has 2 heteroatoms. The van der Waals surface area contributed by atoms with E-state index in [0.717, 1.165) is 19.5 Å². The van der Waals surface area contributed by atoms with E-state index in [0.29, 0.717) is 12.3 Å². The smallest absolute Gasteiger partial charge is 0.0625 e. The van der Waals surface area contributed by atoms with Gasteiger partial charge < -0.3 is 4.90 Å². The van der Waals surface area contributed by atoms with Gasteiger partial charge in [-0.3, -0.25) is 0 Å². The molecule has 1 aromatic rings. The number of hydrogen-bond acceptors (Lipinski definition) is 2. The lowest BCUT2D eigenvalue weighted by molar-refractivity contribution is 0.421. The molecule has 2 rings (SSSR count). The predicted molar refractivity (Wildman–Crippen MR) is 75.7 cm³/mol. The molecule has 1 saturated heterocycles. The topological polar surface area (TPSA) is 27.0 Å². The van der Waals surface area contributed by atoms with Gasteiger partial charge in [-0.25, -0.2) is 0 Å². The van der Waals surface area contributed by atoms with Crippen molar-refractivity contribution in [2.75, 3.05) is 18.0 Å². The zero-order chi connectivity index (χ0) is 13.0. The lowest BCUT2D eigenvalue weighted by atomic mass is 9.93. The molecule has 1 unspecified atom stereocenters. The number of nitrogens with zero attached hydrogens (tertiary/aromatic N) is 2. The molecule has 0 aliphatic carbocycles. The fourth-order valence-corrected chi connectivity index (χ4v) is 3.02. The van der Waals surface area contributed by atoms with Gasteiger partial charge in [-0.05, 0) is 43.2 Å². The predicted octanol–water partition coefficient (Wildman–Crippen LogP) is 3.69. The number of nitriles is 1. The molecule has 0 N–H and O–H groups in total. The highest BCUT2D eigenvalue weighted by Gasteiger charge is 2.22. The van der Waals surface area contributed by atoms with Gasteiger partial charge >= 0.3 is 0 Å². The molecular formula is C16H22N2. The van der Waals surface area contributed by atoms with Gasteiger partial charge in [0.05, 0.1) is 6.07 Å². The van der Waals surface area contributed by atoms with Gasteiger partial charge in [0.15, 0.2) is 0 Å². The Morgan fingerprint density at radius 1 is 1.44 bits per heavy atom. The zero-order valence-corrected chi connectivity index (χ0v) is 11.4. The summed E-state index contributed by atoms with van der Waals surface area (Å²) in [4.78, 5) is 2.50. The minimum Gasteiger partial charge on any atom is -0.371 e. The van der Waals surface area contributed by atoms with Crippen LogP contribution in [0, 0.1) is 24.2 Å². The average Bonchev–Trinajstić information content (AvgIpc) is 2.39. The van der Waals surface area contributed by atoms with Crippen molar-refractivity contribution in [1.29, 1.82) is 5.26 Å². The van der Waals surface area contributed by atoms with Crippen LogP contribution < -0.4 is 4.90 Å². The van der Waals surface area contributed by atoms with Crippen LogP contribution in [0.2, 0.25) is 0 Å². The van der Waals surface area contributed by atoms with Crippen LogP contribution in [-0.2, 0) is 6.42 Å². The van der Waals surface area contributed by atoms with Crippen LogP contribution in [0.3, 0.4) is 0 Å². The van der Waals surface area contributed by atoms with E-state index in [1.165, 1.54) is 29.7 Å². The van der Waals surface area contributed by atoms with Crippen LogP contribution in [0.15, 0.2) is 18.2 Å². The lowest BCUT2D eigenvalue weighted by Gasteiger charge is -2.35. The van der Waals surface area contributed by atoms with Gasteiger partial charge in [0.2, 0.25) is 0 Å². The molecule has 1 heterocycles.